The molecule has 0 saturated heterocycles. The maximum Gasteiger partial charge on any atom is 0.283 e. The molecular weight excluding hydrogens is 460 g/mol. The van der Waals surface area contributed by atoms with Crippen molar-refractivity contribution in [2.24, 2.45) is 0 Å². The molecule has 168 valence electrons. The van der Waals surface area contributed by atoms with Crippen molar-refractivity contribution in [2.45, 2.75) is 11.8 Å². The number of carbonyl (C=O) groups is 2. The summed E-state index contributed by atoms with van der Waals surface area (Å²) < 4.78 is 11.1. The summed E-state index contributed by atoms with van der Waals surface area (Å²) in [6.45, 7) is 2.34. The molecule has 1 aliphatic heterocycles. The third-order valence-electron chi connectivity index (χ3n) is 4.83. The van der Waals surface area contributed by atoms with Gasteiger partial charge in [0.1, 0.15) is 22.1 Å². The lowest BCUT2D eigenvalue weighted by molar-refractivity contribution is -0.120. The van der Waals surface area contributed by atoms with E-state index in [-0.39, 0.29) is 16.3 Å². The molecule has 1 aliphatic rings. The Hall–Kier alpha value is -3.42. The molecule has 4 rings (SSSR count). The lowest BCUT2D eigenvalue weighted by Gasteiger charge is -2.19. The molecule has 3 aromatic rings. The molecule has 2 amide bonds. The van der Waals surface area contributed by atoms with Crippen LogP contribution in [0.4, 0.5) is 11.4 Å². The van der Waals surface area contributed by atoms with Gasteiger partial charge in [0, 0.05) is 9.92 Å². The van der Waals surface area contributed by atoms with Gasteiger partial charge in [0.15, 0.2) is 0 Å². The average molecular weight is 481 g/mol. The number of halogens is 1. The highest BCUT2D eigenvalue weighted by Gasteiger charge is 2.41. The SMILES string of the molecule is CCOc1ccccc1NC1=C(Sc2ccccc2)C(=O)N(c2cc(Cl)ccc2OC)C1=O. The summed E-state index contributed by atoms with van der Waals surface area (Å²) >= 11 is 7.40. The van der Waals surface area contributed by atoms with E-state index in [1.54, 1.807) is 24.3 Å². The van der Waals surface area contributed by atoms with Crippen molar-refractivity contribution < 1.29 is 19.1 Å². The first-order chi connectivity index (χ1) is 16.0. The zero-order valence-electron chi connectivity index (χ0n) is 18.0. The Bertz CT molecular complexity index is 1230. The largest absolute Gasteiger partial charge is 0.495 e. The summed E-state index contributed by atoms with van der Waals surface area (Å²) in [5, 5.41) is 3.53. The van der Waals surface area contributed by atoms with Gasteiger partial charge in [-0.2, -0.15) is 0 Å². The van der Waals surface area contributed by atoms with E-state index < -0.39 is 11.8 Å². The topological polar surface area (TPSA) is 67.9 Å². The normalized spacial score (nSPS) is 13.5. The molecule has 0 radical (unpaired) electrons. The molecular formula is C25H21ClN2O4S. The van der Waals surface area contributed by atoms with Gasteiger partial charge >= 0.3 is 0 Å². The van der Waals surface area contributed by atoms with Crippen molar-refractivity contribution >= 4 is 46.6 Å². The highest BCUT2D eigenvalue weighted by atomic mass is 35.5. The van der Waals surface area contributed by atoms with Gasteiger partial charge < -0.3 is 14.8 Å². The van der Waals surface area contributed by atoms with Crippen LogP contribution in [0.15, 0.2) is 88.3 Å². The van der Waals surface area contributed by atoms with Gasteiger partial charge in [-0.25, -0.2) is 4.90 Å². The molecule has 6 nitrogen and oxygen atoms in total. The first-order valence-corrected chi connectivity index (χ1v) is 11.4. The fourth-order valence-corrected chi connectivity index (χ4v) is 4.48. The van der Waals surface area contributed by atoms with Crippen LogP contribution >= 0.6 is 23.4 Å². The maximum absolute atomic E-state index is 13.6. The van der Waals surface area contributed by atoms with Gasteiger partial charge in [0.05, 0.1) is 25.1 Å². The number of benzene rings is 3. The molecule has 1 heterocycles. The Morgan fingerprint density at radius 1 is 0.939 bits per heavy atom. The average Bonchev–Trinajstić information content (AvgIpc) is 3.05. The van der Waals surface area contributed by atoms with Crippen molar-refractivity contribution in [3.05, 3.63) is 88.4 Å². The monoisotopic (exact) mass is 480 g/mol. The summed E-state index contributed by atoms with van der Waals surface area (Å²) in [7, 11) is 1.47. The molecule has 0 fully saturated rings. The van der Waals surface area contributed by atoms with E-state index in [9.17, 15) is 9.59 Å². The first kappa shape index (κ1) is 22.8. The Labute approximate surface area is 201 Å². The minimum Gasteiger partial charge on any atom is -0.495 e. The number of thioether (sulfide) groups is 1. The third kappa shape index (κ3) is 4.69. The van der Waals surface area contributed by atoms with Crippen LogP contribution in [-0.2, 0) is 9.59 Å². The van der Waals surface area contributed by atoms with Crippen LogP contribution < -0.4 is 19.7 Å². The number of hydrogen-bond donors (Lipinski definition) is 1. The zero-order valence-corrected chi connectivity index (χ0v) is 19.6. The minimum absolute atomic E-state index is 0.156. The van der Waals surface area contributed by atoms with Crippen molar-refractivity contribution in [2.75, 3.05) is 23.9 Å². The zero-order chi connectivity index (χ0) is 23.4. The molecule has 0 saturated carbocycles. The highest BCUT2D eigenvalue weighted by Crippen LogP contribution is 2.42. The third-order valence-corrected chi connectivity index (χ3v) is 6.16. The van der Waals surface area contributed by atoms with E-state index >= 15 is 0 Å². The lowest BCUT2D eigenvalue weighted by Crippen LogP contribution is -2.32. The molecule has 33 heavy (non-hydrogen) atoms. The summed E-state index contributed by atoms with van der Waals surface area (Å²) in [4.78, 5) is 29.3. The van der Waals surface area contributed by atoms with Crippen LogP contribution in [0.1, 0.15) is 6.92 Å². The van der Waals surface area contributed by atoms with Crippen LogP contribution in [0.2, 0.25) is 5.02 Å². The standard InChI is InChI=1S/C25H21ClN2O4S/c1-3-32-20-12-8-7-11-18(20)27-22-23(33-17-9-5-4-6-10-17)25(30)28(24(22)29)19-15-16(26)13-14-21(19)31-2/h4-15,27H,3H2,1-2H3. The summed E-state index contributed by atoms with van der Waals surface area (Å²) in [5.74, 6) is -0.0344. The number of methoxy groups -OCH3 is 1. The second kappa shape index (κ2) is 10.0. The van der Waals surface area contributed by atoms with E-state index in [0.29, 0.717) is 28.8 Å². The molecule has 1 N–H and O–H groups in total. The lowest BCUT2D eigenvalue weighted by atomic mass is 10.2. The number of hydrogen-bond acceptors (Lipinski definition) is 6. The number of nitrogens with zero attached hydrogens (tertiary/aromatic N) is 1. The van der Waals surface area contributed by atoms with Crippen LogP contribution in [0.5, 0.6) is 11.5 Å². The fraction of sp³-hybridized carbons (Fsp3) is 0.120. The minimum atomic E-state index is -0.509. The van der Waals surface area contributed by atoms with Gasteiger partial charge in [0.2, 0.25) is 0 Å². The van der Waals surface area contributed by atoms with E-state index in [1.807, 2.05) is 49.4 Å². The summed E-state index contributed by atoms with van der Waals surface area (Å²) in [6.07, 6.45) is 0. The van der Waals surface area contributed by atoms with Crippen molar-refractivity contribution in [3.8, 4) is 11.5 Å². The number of nitrogens with one attached hydrogen (secondary N) is 1. The fourth-order valence-electron chi connectivity index (χ4n) is 3.36. The van der Waals surface area contributed by atoms with Gasteiger partial charge in [-0.3, -0.25) is 9.59 Å². The number of ether oxygens (including phenoxy) is 2. The smallest absolute Gasteiger partial charge is 0.283 e. The van der Waals surface area contributed by atoms with E-state index in [2.05, 4.69) is 5.32 Å². The van der Waals surface area contributed by atoms with Crippen LogP contribution in [0.3, 0.4) is 0 Å². The number of rotatable bonds is 8. The Morgan fingerprint density at radius 2 is 1.67 bits per heavy atom. The molecule has 8 heteroatoms. The molecule has 0 atom stereocenters. The number of para-hydroxylation sites is 2. The predicted molar refractivity (Wildman–Crippen MR) is 131 cm³/mol. The Balaban J connectivity index is 1.80. The number of carbonyl (C=O) groups excluding carboxylic acids is 2. The molecule has 0 unspecified atom stereocenters. The van der Waals surface area contributed by atoms with Crippen LogP contribution in [-0.4, -0.2) is 25.5 Å². The van der Waals surface area contributed by atoms with E-state index in [1.165, 1.54) is 24.9 Å². The number of imide groups is 1. The second-order valence-electron chi connectivity index (χ2n) is 6.94. The molecule has 3 aromatic carbocycles. The second-order valence-corrected chi connectivity index (χ2v) is 8.46. The summed E-state index contributed by atoms with van der Waals surface area (Å²) in [6, 6.07) is 21.5. The van der Waals surface area contributed by atoms with Crippen LogP contribution in [0.25, 0.3) is 0 Å². The van der Waals surface area contributed by atoms with Crippen molar-refractivity contribution in [1.82, 2.24) is 0 Å². The predicted octanol–water partition coefficient (Wildman–Crippen LogP) is 5.74. The van der Waals surface area contributed by atoms with Gasteiger partial charge in [-0.15, -0.1) is 0 Å². The Kier molecular flexibility index (Phi) is 6.91. The van der Waals surface area contributed by atoms with E-state index in [0.717, 1.165) is 9.80 Å². The van der Waals surface area contributed by atoms with Gasteiger partial charge in [-0.05, 0) is 49.4 Å². The van der Waals surface area contributed by atoms with Crippen LogP contribution in [0, 0.1) is 0 Å². The quantitative estimate of drug-likeness (QED) is 0.415. The molecule has 0 bridgehead atoms. The van der Waals surface area contributed by atoms with Gasteiger partial charge in [0.25, 0.3) is 11.8 Å². The van der Waals surface area contributed by atoms with Gasteiger partial charge in [-0.1, -0.05) is 53.7 Å². The number of anilines is 2. The highest BCUT2D eigenvalue weighted by molar-refractivity contribution is 8.04. The number of amides is 2. The maximum atomic E-state index is 13.6. The van der Waals surface area contributed by atoms with Crippen molar-refractivity contribution in [3.63, 3.8) is 0 Å². The Morgan fingerprint density at radius 3 is 2.39 bits per heavy atom. The molecule has 0 aliphatic carbocycles. The van der Waals surface area contributed by atoms with Crippen molar-refractivity contribution in [1.29, 1.82) is 0 Å². The molecule has 0 aromatic heterocycles. The summed E-state index contributed by atoms with van der Waals surface area (Å²) in [5.41, 5.74) is 1.02. The van der Waals surface area contributed by atoms with E-state index in [4.69, 9.17) is 21.1 Å². The molecule has 0 spiro atoms. The first-order valence-electron chi connectivity index (χ1n) is 10.2.